The van der Waals surface area contributed by atoms with Gasteiger partial charge in [-0.15, -0.1) is 0 Å². The molecule has 1 heterocycles. The van der Waals surface area contributed by atoms with Gasteiger partial charge in [-0.2, -0.15) is 0 Å². The minimum atomic E-state index is 0.861. The van der Waals surface area contributed by atoms with Crippen molar-refractivity contribution in [2.24, 2.45) is 0 Å². The van der Waals surface area contributed by atoms with Gasteiger partial charge in [-0.1, -0.05) is 152 Å². The van der Waals surface area contributed by atoms with E-state index in [9.17, 15) is 0 Å². The van der Waals surface area contributed by atoms with Crippen LogP contribution in [-0.4, -0.2) is 0 Å². The van der Waals surface area contributed by atoms with Crippen LogP contribution in [0.5, 0.6) is 0 Å². The van der Waals surface area contributed by atoms with Gasteiger partial charge in [0.1, 0.15) is 11.2 Å². The van der Waals surface area contributed by atoms with Gasteiger partial charge in [0.2, 0.25) is 0 Å². The van der Waals surface area contributed by atoms with Gasteiger partial charge in [-0.25, -0.2) is 0 Å². The lowest BCUT2D eigenvalue weighted by Crippen LogP contribution is -2.10. The number of hydrogen-bond donors (Lipinski definition) is 0. The molecule has 0 saturated heterocycles. The molecule has 0 amide bonds. The van der Waals surface area contributed by atoms with Crippen LogP contribution in [0.2, 0.25) is 0 Å². The average Bonchev–Trinajstić information content (AvgIpc) is 3.61. The number of hydrogen-bond acceptors (Lipinski definition) is 2. The zero-order valence-corrected chi connectivity index (χ0v) is 28.4. The van der Waals surface area contributed by atoms with E-state index in [4.69, 9.17) is 4.42 Å². The Bertz CT molecular complexity index is 2790. The lowest BCUT2D eigenvalue weighted by molar-refractivity contribution is 0.672. The predicted molar refractivity (Wildman–Crippen MR) is 220 cm³/mol. The highest BCUT2D eigenvalue weighted by molar-refractivity contribution is 6.22. The van der Waals surface area contributed by atoms with E-state index < -0.39 is 0 Å². The molecule has 0 bridgehead atoms. The first-order valence-electron chi connectivity index (χ1n) is 17.8. The monoisotopic (exact) mass is 663 g/mol. The topological polar surface area (TPSA) is 16.4 Å². The second kappa shape index (κ2) is 12.5. The van der Waals surface area contributed by atoms with E-state index in [0.717, 1.165) is 44.4 Å². The highest BCUT2D eigenvalue weighted by atomic mass is 16.3. The molecular formula is C50H33NO. The van der Waals surface area contributed by atoms with Crippen LogP contribution >= 0.6 is 0 Å². The van der Waals surface area contributed by atoms with E-state index in [1.165, 1.54) is 49.5 Å². The number of benzene rings is 9. The number of nitrogens with zero attached hydrogens (tertiary/aromatic N) is 1. The quantitative estimate of drug-likeness (QED) is 0.176. The van der Waals surface area contributed by atoms with E-state index in [2.05, 4.69) is 205 Å². The van der Waals surface area contributed by atoms with Crippen molar-refractivity contribution < 1.29 is 4.42 Å². The molecule has 0 radical (unpaired) electrons. The fraction of sp³-hybridized carbons (Fsp3) is 0. The first-order chi connectivity index (χ1) is 25.8. The van der Waals surface area contributed by atoms with Crippen LogP contribution in [0.15, 0.2) is 205 Å². The molecule has 0 atom stereocenters. The van der Waals surface area contributed by atoms with Crippen molar-refractivity contribution in [3.63, 3.8) is 0 Å². The second-order valence-corrected chi connectivity index (χ2v) is 13.3. The predicted octanol–water partition coefficient (Wildman–Crippen LogP) is 14.4. The Morgan fingerprint density at radius 2 is 0.885 bits per heavy atom. The largest absolute Gasteiger partial charge is 0.455 e. The highest BCUT2D eigenvalue weighted by Gasteiger charge is 2.22. The maximum Gasteiger partial charge on any atom is 0.143 e. The Kier molecular flexibility index (Phi) is 7.18. The SMILES string of the molecule is c1ccc(-c2ccc(N(c3ccc(-c4ccccc4)cc3)c3cccc4oc5c6ccccc6c(-c6ccc7ccccc7c6)cc5c34)cc2)cc1. The van der Waals surface area contributed by atoms with Crippen LogP contribution in [0, 0.1) is 0 Å². The second-order valence-electron chi connectivity index (χ2n) is 13.3. The third kappa shape index (κ3) is 5.12. The van der Waals surface area contributed by atoms with Crippen molar-refractivity contribution in [2.45, 2.75) is 0 Å². The Balaban J connectivity index is 1.21. The fourth-order valence-corrected chi connectivity index (χ4v) is 7.71. The molecule has 2 nitrogen and oxygen atoms in total. The molecule has 0 N–H and O–H groups in total. The Morgan fingerprint density at radius 3 is 1.54 bits per heavy atom. The van der Waals surface area contributed by atoms with E-state index >= 15 is 0 Å². The summed E-state index contributed by atoms with van der Waals surface area (Å²) in [4.78, 5) is 2.37. The number of rotatable bonds is 6. The maximum atomic E-state index is 6.82. The van der Waals surface area contributed by atoms with Crippen molar-refractivity contribution in [1.29, 1.82) is 0 Å². The van der Waals surface area contributed by atoms with Gasteiger partial charge in [0.15, 0.2) is 0 Å². The minimum absolute atomic E-state index is 0.861. The number of furan rings is 1. The molecule has 0 unspecified atom stereocenters. The van der Waals surface area contributed by atoms with Gasteiger partial charge in [-0.05, 0) is 98.1 Å². The van der Waals surface area contributed by atoms with Gasteiger partial charge in [0.05, 0.1) is 11.1 Å². The van der Waals surface area contributed by atoms with E-state index in [1.54, 1.807) is 0 Å². The summed E-state index contributed by atoms with van der Waals surface area (Å²) in [6.07, 6.45) is 0. The van der Waals surface area contributed by atoms with E-state index in [-0.39, 0.29) is 0 Å². The molecule has 244 valence electrons. The highest BCUT2D eigenvalue weighted by Crippen LogP contribution is 2.46. The first kappa shape index (κ1) is 30.0. The van der Waals surface area contributed by atoms with Crippen molar-refractivity contribution >= 4 is 60.5 Å². The van der Waals surface area contributed by atoms with Crippen LogP contribution in [0.1, 0.15) is 0 Å². The summed E-state index contributed by atoms with van der Waals surface area (Å²) in [5.74, 6) is 0. The van der Waals surface area contributed by atoms with E-state index in [1.807, 2.05) is 0 Å². The van der Waals surface area contributed by atoms with Gasteiger partial charge < -0.3 is 9.32 Å². The molecule has 52 heavy (non-hydrogen) atoms. The number of anilines is 3. The lowest BCUT2D eigenvalue weighted by atomic mass is 9.93. The van der Waals surface area contributed by atoms with Crippen LogP contribution in [0.4, 0.5) is 17.1 Å². The molecule has 0 fully saturated rings. The smallest absolute Gasteiger partial charge is 0.143 e. The molecule has 0 aliphatic carbocycles. The Labute approximate surface area is 302 Å². The molecule has 10 aromatic rings. The summed E-state index contributed by atoms with van der Waals surface area (Å²) in [5, 5.41) is 6.93. The molecule has 10 rings (SSSR count). The first-order valence-corrected chi connectivity index (χ1v) is 17.8. The third-order valence-corrected chi connectivity index (χ3v) is 10.2. The lowest BCUT2D eigenvalue weighted by Gasteiger charge is -2.26. The summed E-state index contributed by atoms with van der Waals surface area (Å²) < 4.78 is 6.82. The normalized spacial score (nSPS) is 11.5. The Morgan fingerprint density at radius 1 is 0.346 bits per heavy atom. The van der Waals surface area contributed by atoms with Gasteiger partial charge >= 0.3 is 0 Å². The van der Waals surface area contributed by atoms with Crippen LogP contribution in [0.3, 0.4) is 0 Å². The van der Waals surface area contributed by atoms with Crippen LogP contribution in [-0.2, 0) is 0 Å². The molecule has 0 saturated carbocycles. The fourth-order valence-electron chi connectivity index (χ4n) is 7.71. The molecule has 2 heteroatoms. The molecule has 0 aliphatic heterocycles. The molecular weight excluding hydrogens is 631 g/mol. The summed E-state index contributed by atoms with van der Waals surface area (Å²) in [6, 6.07) is 71.6. The summed E-state index contributed by atoms with van der Waals surface area (Å²) in [6.45, 7) is 0. The molecule has 1 aromatic heterocycles. The van der Waals surface area contributed by atoms with Gasteiger partial charge in [0.25, 0.3) is 0 Å². The van der Waals surface area contributed by atoms with Crippen molar-refractivity contribution in [3.05, 3.63) is 200 Å². The van der Waals surface area contributed by atoms with E-state index in [0.29, 0.717) is 0 Å². The summed E-state index contributed by atoms with van der Waals surface area (Å²) in [5.41, 5.74) is 12.1. The molecule has 0 spiro atoms. The maximum absolute atomic E-state index is 6.82. The molecule has 0 aliphatic rings. The summed E-state index contributed by atoms with van der Waals surface area (Å²) in [7, 11) is 0. The van der Waals surface area contributed by atoms with Gasteiger partial charge in [0, 0.05) is 22.1 Å². The Hall–Kier alpha value is -6.90. The number of fused-ring (bicyclic) bond motifs is 6. The third-order valence-electron chi connectivity index (χ3n) is 10.2. The molecule has 9 aromatic carbocycles. The van der Waals surface area contributed by atoms with Crippen LogP contribution < -0.4 is 4.90 Å². The van der Waals surface area contributed by atoms with Crippen molar-refractivity contribution in [1.82, 2.24) is 0 Å². The van der Waals surface area contributed by atoms with Crippen molar-refractivity contribution in [2.75, 3.05) is 4.90 Å². The minimum Gasteiger partial charge on any atom is -0.455 e. The van der Waals surface area contributed by atoms with Crippen LogP contribution in [0.25, 0.3) is 76.9 Å². The van der Waals surface area contributed by atoms with Gasteiger partial charge in [-0.3, -0.25) is 0 Å². The zero-order chi connectivity index (χ0) is 34.4. The zero-order valence-electron chi connectivity index (χ0n) is 28.4. The average molecular weight is 664 g/mol. The summed E-state index contributed by atoms with van der Waals surface area (Å²) >= 11 is 0. The standard InChI is InChI=1S/C50H33NO/c1-3-12-34(13-4-1)37-24-28-41(29-25-37)51(42-30-26-38(27-31-42)35-14-5-2-6-15-35)47-20-11-21-48-49(47)46-33-45(43-18-9-10-19-44(43)50(46)52-48)40-23-22-36-16-7-8-17-39(36)32-40/h1-33H. The van der Waals surface area contributed by atoms with Crippen molar-refractivity contribution in [3.8, 4) is 33.4 Å².